The Morgan fingerprint density at radius 3 is 2.94 bits per heavy atom. The van der Waals surface area contributed by atoms with Crippen molar-refractivity contribution in [3.05, 3.63) is 42.0 Å². The summed E-state index contributed by atoms with van der Waals surface area (Å²) in [5, 5.41) is 2.92. The Bertz CT molecular complexity index is 782. The lowest BCUT2D eigenvalue weighted by Gasteiger charge is -2.38. The molecule has 2 atom stereocenters. The molecule has 2 aliphatic rings. The topological polar surface area (TPSA) is 71.1 Å². The molecule has 0 radical (unpaired) electrons. The molecule has 2 bridgehead atoms. The standard InChI is InChI=1S/C25H37N3O4/c1-3-12-27-17-22-7-4-5-9-23(22)32-14-6-8-21-18-28(25(30)19-27)13-10-20(21)16-24(29)26-11-15-31-2/h4-9,20-21H,3,10-19H2,1-2H3,(H,26,29)/b8-6-/t20-,21-/m0/s1. The van der Waals surface area contributed by atoms with Gasteiger partial charge in [-0.3, -0.25) is 14.5 Å². The van der Waals surface area contributed by atoms with Crippen molar-refractivity contribution in [3.63, 3.8) is 0 Å². The fraction of sp³-hybridized carbons (Fsp3) is 0.600. The minimum atomic E-state index is 0.0439. The number of hydrogen-bond donors (Lipinski definition) is 1. The van der Waals surface area contributed by atoms with E-state index in [9.17, 15) is 9.59 Å². The van der Waals surface area contributed by atoms with Crippen molar-refractivity contribution in [2.24, 2.45) is 11.8 Å². The van der Waals surface area contributed by atoms with E-state index in [4.69, 9.17) is 9.47 Å². The minimum absolute atomic E-state index is 0.0439. The van der Waals surface area contributed by atoms with Crippen molar-refractivity contribution in [1.29, 1.82) is 0 Å². The first-order valence-corrected chi connectivity index (χ1v) is 11.7. The summed E-state index contributed by atoms with van der Waals surface area (Å²) in [6.07, 6.45) is 6.45. The number of fused-ring (bicyclic) bond motifs is 3. The predicted molar refractivity (Wildman–Crippen MR) is 124 cm³/mol. The van der Waals surface area contributed by atoms with Gasteiger partial charge in [-0.05, 0) is 37.3 Å². The highest BCUT2D eigenvalue weighted by molar-refractivity contribution is 5.79. The van der Waals surface area contributed by atoms with Crippen LogP contribution >= 0.6 is 0 Å². The second-order valence-corrected chi connectivity index (χ2v) is 8.66. The Hall–Kier alpha value is -2.38. The molecule has 2 heterocycles. The van der Waals surface area contributed by atoms with Crippen LogP contribution in [0, 0.1) is 11.8 Å². The lowest BCUT2D eigenvalue weighted by atomic mass is 9.82. The molecule has 32 heavy (non-hydrogen) atoms. The van der Waals surface area contributed by atoms with Gasteiger partial charge in [-0.2, -0.15) is 0 Å². The summed E-state index contributed by atoms with van der Waals surface area (Å²) in [7, 11) is 1.62. The fourth-order valence-corrected chi connectivity index (χ4v) is 4.54. The summed E-state index contributed by atoms with van der Waals surface area (Å²) in [5.41, 5.74) is 1.10. The van der Waals surface area contributed by atoms with Crippen LogP contribution in [0.1, 0.15) is 31.7 Å². The van der Waals surface area contributed by atoms with Crippen LogP contribution in [0.2, 0.25) is 0 Å². The van der Waals surface area contributed by atoms with E-state index in [0.29, 0.717) is 52.4 Å². The van der Waals surface area contributed by atoms with Crippen molar-refractivity contribution >= 4 is 11.8 Å². The molecule has 7 nitrogen and oxygen atoms in total. The largest absolute Gasteiger partial charge is 0.489 e. The first kappa shape index (κ1) is 24.3. The number of rotatable bonds is 7. The SMILES string of the molecule is CCCN1CC(=O)N2CC[C@@H](CC(=O)NCCOC)[C@@H](/C=C\COc3ccccc3C1)C2. The molecule has 1 fully saturated rings. The number of nitrogens with one attached hydrogen (secondary N) is 1. The third-order valence-corrected chi connectivity index (χ3v) is 6.22. The van der Waals surface area contributed by atoms with Crippen LogP contribution in [0.5, 0.6) is 5.75 Å². The smallest absolute Gasteiger partial charge is 0.236 e. The second-order valence-electron chi connectivity index (χ2n) is 8.66. The highest BCUT2D eigenvalue weighted by atomic mass is 16.5. The van der Waals surface area contributed by atoms with Crippen LogP contribution in [0.25, 0.3) is 0 Å². The fourth-order valence-electron chi connectivity index (χ4n) is 4.54. The van der Waals surface area contributed by atoms with Crippen molar-refractivity contribution in [2.45, 2.75) is 32.7 Å². The number of methoxy groups -OCH3 is 1. The van der Waals surface area contributed by atoms with E-state index < -0.39 is 0 Å². The van der Waals surface area contributed by atoms with Crippen LogP contribution in [0.4, 0.5) is 0 Å². The van der Waals surface area contributed by atoms with Crippen LogP contribution < -0.4 is 10.1 Å². The van der Waals surface area contributed by atoms with Gasteiger partial charge in [-0.15, -0.1) is 0 Å². The summed E-state index contributed by atoms with van der Waals surface area (Å²) in [6, 6.07) is 8.06. The zero-order valence-corrected chi connectivity index (χ0v) is 19.4. The first-order valence-electron chi connectivity index (χ1n) is 11.7. The minimum Gasteiger partial charge on any atom is -0.489 e. The number of ether oxygens (including phenoxy) is 2. The number of carbonyl (C=O) groups excluding carboxylic acids is 2. The molecule has 3 rings (SSSR count). The van der Waals surface area contributed by atoms with Crippen LogP contribution in [0.3, 0.4) is 0 Å². The van der Waals surface area contributed by atoms with Gasteiger partial charge in [0.2, 0.25) is 11.8 Å². The van der Waals surface area contributed by atoms with Gasteiger partial charge in [0.25, 0.3) is 0 Å². The molecule has 2 aliphatic heterocycles. The van der Waals surface area contributed by atoms with Crippen LogP contribution in [0.15, 0.2) is 36.4 Å². The van der Waals surface area contributed by atoms with Crippen LogP contribution in [-0.4, -0.2) is 74.7 Å². The molecule has 0 saturated carbocycles. The van der Waals surface area contributed by atoms with Gasteiger partial charge in [0.1, 0.15) is 12.4 Å². The summed E-state index contributed by atoms with van der Waals surface area (Å²) in [5.74, 6) is 1.42. The Balaban J connectivity index is 1.74. The van der Waals surface area contributed by atoms with Crippen molar-refractivity contribution in [1.82, 2.24) is 15.1 Å². The van der Waals surface area contributed by atoms with Gasteiger partial charge in [-0.1, -0.05) is 37.3 Å². The lowest BCUT2D eigenvalue weighted by Crippen LogP contribution is -2.48. The number of benzene rings is 1. The maximum atomic E-state index is 13.2. The molecule has 0 unspecified atom stereocenters. The van der Waals surface area contributed by atoms with Gasteiger partial charge in [0, 0.05) is 45.3 Å². The molecule has 1 aromatic carbocycles. The van der Waals surface area contributed by atoms with Gasteiger partial charge < -0.3 is 19.7 Å². The molecule has 0 aromatic heterocycles. The number of nitrogens with zero attached hydrogens (tertiary/aromatic N) is 2. The lowest BCUT2D eigenvalue weighted by molar-refractivity contribution is -0.135. The maximum absolute atomic E-state index is 13.2. The summed E-state index contributed by atoms with van der Waals surface area (Å²) >= 11 is 0. The molecular weight excluding hydrogens is 406 g/mol. The molecule has 2 amide bonds. The Morgan fingerprint density at radius 1 is 1.28 bits per heavy atom. The quantitative estimate of drug-likeness (QED) is 0.518. The Morgan fingerprint density at radius 2 is 2.12 bits per heavy atom. The number of amides is 2. The monoisotopic (exact) mass is 443 g/mol. The van der Waals surface area contributed by atoms with E-state index in [0.717, 1.165) is 30.7 Å². The molecule has 1 N–H and O–H groups in total. The normalized spacial score (nSPS) is 23.2. The Labute approximate surface area is 191 Å². The molecule has 1 saturated heterocycles. The number of carbonyl (C=O) groups is 2. The van der Waals surface area contributed by atoms with Crippen molar-refractivity contribution in [3.8, 4) is 5.75 Å². The first-order chi connectivity index (χ1) is 15.6. The zero-order chi connectivity index (χ0) is 22.8. The summed E-state index contributed by atoms with van der Waals surface area (Å²) in [4.78, 5) is 29.7. The van der Waals surface area contributed by atoms with E-state index >= 15 is 0 Å². The van der Waals surface area contributed by atoms with Gasteiger partial charge in [-0.25, -0.2) is 0 Å². The third kappa shape index (κ3) is 7.07. The maximum Gasteiger partial charge on any atom is 0.236 e. The number of piperidine rings is 1. The molecule has 176 valence electrons. The highest BCUT2D eigenvalue weighted by Crippen LogP contribution is 2.29. The van der Waals surface area contributed by atoms with Gasteiger partial charge in [0.05, 0.1) is 13.2 Å². The third-order valence-electron chi connectivity index (χ3n) is 6.22. The van der Waals surface area contributed by atoms with Crippen molar-refractivity contribution < 1.29 is 19.1 Å². The van der Waals surface area contributed by atoms with Crippen LogP contribution in [-0.2, 0) is 20.9 Å². The van der Waals surface area contributed by atoms with E-state index in [-0.39, 0.29) is 23.7 Å². The number of para-hydroxylation sites is 1. The molecule has 1 aromatic rings. The molecular formula is C25H37N3O4. The average Bonchev–Trinajstić information content (AvgIpc) is 2.79. The highest BCUT2D eigenvalue weighted by Gasteiger charge is 2.32. The summed E-state index contributed by atoms with van der Waals surface area (Å²) in [6.45, 7) is 6.95. The Kier molecular flexibility index (Phi) is 9.56. The second kappa shape index (κ2) is 12.6. The van der Waals surface area contributed by atoms with Gasteiger partial charge in [0.15, 0.2) is 0 Å². The average molecular weight is 444 g/mol. The van der Waals surface area contributed by atoms with Gasteiger partial charge >= 0.3 is 0 Å². The predicted octanol–water partition coefficient (Wildman–Crippen LogP) is 2.46. The van der Waals surface area contributed by atoms with Crippen molar-refractivity contribution in [2.75, 3.05) is 53.0 Å². The van der Waals surface area contributed by atoms with E-state index in [1.54, 1.807) is 7.11 Å². The molecule has 7 heteroatoms. The number of hydrogen-bond acceptors (Lipinski definition) is 5. The van der Waals surface area contributed by atoms with E-state index in [2.05, 4.69) is 29.3 Å². The molecule has 0 aliphatic carbocycles. The van der Waals surface area contributed by atoms with E-state index in [1.807, 2.05) is 29.2 Å². The summed E-state index contributed by atoms with van der Waals surface area (Å²) < 4.78 is 11.1. The van der Waals surface area contributed by atoms with E-state index in [1.165, 1.54) is 0 Å². The molecule has 0 spiro atoms. The zero-order valence-electron chi connectivity index (χ0n) is 19.4.